The van der Waals surface area contributed by atoms with E-state index in [9.17, 15) is 19.2 Å². The average Bonchev–Trinajstić information content (AvgIpc) is 2.68. The summed E-state index contributed by atoms with van der Waals surface area (Å²) < 4.78 is 32.9. The van der Waals surface area contributed by atoms with Crippen molar-refractivity contribution in [2.45, 2.75) is 70.4 Å². The Bertz CT molecular complexity index is 706. The van der Waals surface area contributed by atoms with Crippen LogP contribution in [-0.4, -0.2) is 72.7 Å². The minimum absolute atomic E-state index is 0.242. The fourth-order valence-electron chi connectivity index (χ4n) is 3.20. The van der Waals surface area contributed by atoms with Gasteiger partial charge in [0.1, 0.15) is 23.9 Å². The number of ether oxygens (including phenoxy) is 6. The second kappa shape index (κ2) is 11.9. The summed E-state index contributed by atoms with van der Waals surface area (Å²) in [5.74, 6) is -1.30. The van der Waals surface area contributed by atoms with Crippen LogP contribution in [0.25, 0.3) is 0 Å². The van der Waals surface area contributed by atoms with Crippen LogP contribution >= 0.6 is 11.8 Å². The second-order valence-electron chi connectivity index (χ2n) is 7.04. The first kappa shape index (κ1) is 25.0. The number of hydrogen-bond donors (Lipinski definition) is 0. The molecule has 0 N–H and O–H groups in total. The quantitative estimate of drug-likeness (QED) is 0.386. The Kier molecular flexibility index (Phi) is 9.63. The van der Waals surface area contributed by atoms with Crippen LogP contribution in [0.4, 0.5) is 0 Å². The average molecular weight is 461 g/mol. The van der Waals surface area contributed by atoms with Crippen LogP contribution < -0.4 is 0 Å². The molecule has 5 atom stereocenters. The standard InChI is InChI=1S/C20H28O10S/c1-11(21)26-9-16-17(27-12(2)22)18(28-13(3)23)19(29-14(4)24)20(30-16)31-10-15-7-5-6-8-25-15/h7,16-20H,5-6,8-10H2,1-4H3/t16-,17-,18+,19-,20+/m1/s1. The fourth-order valence-corrected chi connectivity index (χ4v) is 4.35. The molecule has 0 aromatic heterocycles. The Labute approximate surface area is 184 Å². The third kappa shape index (κ3) is 8.06. The van der Waals surface area contributed by atoms with Gasteiger partial charge < -0.3 is 28.4 Å². The molecule has 0 radical (unpaired) electrons. The predicted octanol–water partition coefficient (Wildman–Crippen LogP) is 1.50. The lowest BCUT2D eigenvalue weighted by molar-refractivity contribution is -0.237. The highest BCUT2D eigenvalue weighted by molar-refractivity contribution is 8.00. The summed E-state index contributed by atoms with van der Waals surface area (Å²) in [7, 11) is 0. The smallest absolute Gasteiger partial charge is 0.303 e. The van der Waals surface area contributed by atoms with E-state index < -0.39 is 53.7 Å². The molecule has 174 valence electrons. The molecule has 2 aliphatic rings. The first-order valence-corrected chi connectivity index (χ1v) is 11.0. The molecule has 0 unspecified atom stereocenters. The third-order valence-electron chi connectivity index (χ3n) is 4.35. The van der Waals surface area contributed by atoms with Gasteiger partial charge in [0, 0.05) is 27.7 Å². The summed E-state index contributed by atoms with van der Waals surface area (Å²) >= 11 is 1.28. The molecule has 1 fully saturated rings. The van der Waals surface area contributed by atoms with Crippen LogP contribution in [0, 0.1) is 0 Å². The molecular formula is C20H28O10S. The first-order valence-electron chi connectivity index (χ1n) is 9.91. The minimum Gasteiger partial charge on any atom is -0.497 e. The lowest BCUT2D eigenvalue weighted by Crippen LogP contribution is -2.61. The third-order valence-corrected chi connectivity index (χ3v) is 5.51. The monoisotopic (exact) mass is 460 g/mol. The van der Waals surface area contributed by atoms with E-state index in [4.69, 9.17) is 28.4 Å². The van der Waals surface area contributed by atoms with Crippen LogP contribution in [0.2, 0.25) is 0 Å². The van der Waals surface area contributed by atoms with Crippen molar-refractivity contribution >= 4 is 35.6 Å². The van der Waals surface area contributed by atoms with E-state index in [2.05, 4.69) is 0 Å². The Morgan fingerprint density at radius 2 is 1.55 bits per heavy atom. The molecule has 1 saturated heterocycles. The molecule has 11 heteroatoms. The van der Waals surface area contributed by atoms with E-state index in [1.54, 1.807) is 0 Å². The van der Waals surface area contributed by atoms with Crippen LogP contribution in [0.3, 0.4) is 0 Å². The second-order valence-corrected chi connectivity index (χ2v) is 8.13. The van der Waals surface area contributed by atoms with Crippen molar-refractivity contribution in [3.8, 4) is 0 Å². The molecule has 2 rings (SSSR count). The number of hydrogen-bond acceptors (Lipinski definition) is 11. The summed E-state index contributed by atoms with van der Waals surface area (Å²) in [6, 6.07) is 0. The van der Waals surface area contributed by atoms with Crippen molar-refractivity contribution in [1.82, 2.24) is 0 Å². The van der Waals surface area contributed by atoms with E-state index in [-0.39, 0.29) is 6.61 Å². The zero-order chi connectivity index (χ0) is 23.0. The largest absolute Gasteiger partial charge is 0.497 e. The van der Waals surface area contributed by atoms with E-state index >= 15 is 0 Å². The molecule has 0 spiro atoms. The number of esters is 4. The highest BCUT2D eigenvalue weighted by Gasteiger charge is 2.52. The first-order chi connectivity index (χ1) is 14.7. The lowest BCUT2D eigenvalue weighted by atomic mass is 9.99. The number of carbonyl (C=O) groups is 4. The summed E-state index contributed by atoms with van der Waals surface area (Å²) in [6.45, 7) is 5.19. The van der Waals surface area contributed by atoms with Crippen molar-refractivity contribution < 1.29 is 47.6 Å². The molecule has 0 aromatic rings. The normalized spacial score (nSPS) is 27.9. The highest BCUT2D eigenvalue weighted by Crippen LogP contribution is 2.35. The van der Waals surface area contributed by atoms with Crippen LogP contribution in [0.1, 0.15) is 40.5 Å². The summed E-state index contributed by atoms with van der Waals surface area (Å²) in [6.07, 6.45) is -0.495. The molecule has 2 heterocycles. The molecule has 2 aliphatic heterocycles. The topological polar surface area (TPSA) is 124 Å². The molecule has 0 aromatic carbocycles. The lowest BCUT2D eigenvalue weighted by Gasteiger charge is -2.44. The molecule has 0 bridgehead atoms. The Morgan fingerprint density at radius 3 is 2.10 bits per heavy atom. The number of allylic oxidation sites excluding steroid dienone is 1. The van der Waals surface area contributed by atoms with Crippen LogP contribution in [-0.2, 0) is 47.6 Å². The SMILES string of the molecule is CC(=O)OC[C@H]1O[C@@H](SCC2=CCCCO2)[C@H](OC(C)=O)[C@@H](OC(C)=O)[C@@H]1OC(C)=O. The van der Waals surface area contributed by atoms with Gasteiger partial charge in [0.25, 0.3) is 0 Å². The van der Waals surface area contributed by atoms with Gasteiger partial charge in [-0.25, -0.2) is 0 Å². The van der Waals surface area contributed by atoms with Crippen LogP contribution in [0.5, 0.6) is 0 Å². The summed E-state index contributed by atoms with van der Waals surface area (Å²) in [5, 5.41) is 0. The van der Waals surface area contributed by atoms with Gasteiger partial charge in [-0.05, 0) is 18.9 Å². The fraction of sp³-hybridized carbons (Fsp3) is 0.700. The Hall–Kier alpha value is -2.27. The van der Waals surface area contributed by atoms with Gasteiger partial charge in [0.15, 0.2) is 18.3 Å². The molecule has 0 amide bonds. The zero-order valence-corrected chi connectivity index (χ0v) is 18.8. The maximum Gasteiger partial charge on any atom is 0.303 e. The van der Waals surface area contributed by atoms with Crippen molar-refractivity contribution in [3.63, 3.8) is 0 Å². The minimum atomic E-state index is -1.15. The molecule has 31 heavy (non-hydrogen) atoms. The van der Waals surface area contributed by atoms with E-state index in [0.29, 0.717) is 12.4 Å². The maximum atomic E-state index is 11.8. The van der Waals surface area contributed by atoms with Crippen molar-refractivity contribution in [2.24, 2.45) is 0 Å². The van der Waals surface area contributed by atoms with Gasteiger partial charge in [-0.15, -0.1) is 11.8 Å². The van der Waals surface area contributed by atoms with Gasteiger partial charge >= 0.3 is 23.9 Å². The zero-order valence-electron chi connectivity index (χ0n) is 18.0. The number of carbonyl (C=O) groups excluding carboxylic acids is 4. The Morgan fingerprint density at radius 1 is 0.935 bits per heavy atom. The summed E-state index contributed by atoms with van der Waals surface area (Å²) in [4.78, 5) is 46.6. The van der Waals surface area contributed by atoms with Gasteiger partial charge in [-0.2, -0.15) is 0 Å². The number of rotatable bonds is 8. The molecule has 10 nitrogen and oxygen atoms in total. The molecule has 0 aliphatic carbocycles. The highest BCUT2D eigenvalue weighted by atomic mass is 32.2. The van der Waals surface area contributed by atoms with Crippen LogP contribution in [0.15, 0.2) is 11.8 Å². The van der Waals surface area contributed by atoms with Gasteiger partial charge in [0.05, 0.1) is 12.4 Å². The summed E-state index contributed by atoms with van der Waals surface area (Å²) in [5.41, 5.74) is -0.799. The molecule has 0 saturated carbocycles. The van der Waals surface area contributed by atoms with Gasteiger partial charge in [-0.1, -0.05) is 0 Å². The van der Waals surface area contributed by atoms with Crippen molar-refractivity contribution in [3.05, 3.63) is 11.8 Å². The van der Waals surface area contributed by atoms with E-state index in [1.807, 2.05) is 6.08 Å². The van der Waals surface area contributed by atoms with E-state index in [1.165, 1.54) is 39.5 Å². The van der Waals surface area contributed by atoms with Crippen molar-refractivity contribution in [2.75, 3.05) is 19.0 Å². The maximum absolute atomic E-state index is 11.8. The van der Waals surface area contributed by atoms with Gasteiger partial charge in [0.2, 0.25) is 0 Å². The Balaban J connectivity index is 2.31. The van der Waals surface area contributed by atoms with E-state index in [0.717, 1.165) is 18.6 Å². The number of thioether (sulfide) groups is 1. The van der Waals surface area contributed by atoms with Gasteiger partial charge in [-0.3, -0.25) is 19.2 Å². The van der Waals surface area contributed by atoms with Crippen molar-refractivity contribution in [1.29, 1.82) is 0 Å². The molecular weight excluding hydrogens is 432 g/mol. The predicted molar refractivity (Wildman–Crippen MR) is 108 cm³/mol.